The highest BCUT2D eigenvalue weighted by Gasteiger charge is 2.25. The second kappa shape index (κ2) is 8.46. The Balaban J connectivity index is 2.43. The van der Waals surface area contributed by atoms with Crippen LogP contribution in [0.5, 0.6) is 0 Å². The summed E-state index contributed by atoms with van der Waals surface area (Å²) in [5.74, 6) is -1.69. The molecule has 1 saturated heterocycles. The van der Waals surface area contributed by atoms with Crippen molar-refractivity contribution < 1.29 is 29.0 Å². The smallest absolute Gasteiger partial charge is 0.326 e. The van der Waals surface area contributed by atoms with Crippen LogP contribution in [0.15, 0.2) is 0 Å². The van der Waals surface area contributed by atoms with Crippen LogP contribution in [-0.2, 0) is 19.1 Å². The van der Waals surface area contributed by atoms with E-state index in [-0.39, 0.29) is 18.9 Å². The minimum Gasteiger partial charge on any atom is -0.480 e. The van der Waals surface area contributed by atoms with Crippen LogP contribution in [0, 0.1) is 0 Å². The number of urea groups is 1. The molecule has 0 aliphatic carbocycles. The highest BCUT2D eigenvalue weighted by atomic mass is 16.5. The number of aliphatic carboxylic acids is 1. The molecule has 1 heterocycles. The lowest BCUT2D eigenvalue weighted by Crippen LogP contribution is -2.48. The third-order valence-electron chi connectivity index (χ3n) is 3.31. The largest absolute Gasteiger partial charge is 0.480 e. The molecule has 2 amide bonds. The number of esters is 1. The first-order valence-corrected chi connectivity index (χ1v) is 6.87. The van der Waals surface area contributed by atoms with Gasteiger partial charge in [0.05, 0.1) is 13.2 Å². The van der Waals surface area contributed by atoms with Crippen molar-refractivity contribution in [2.45, 2.75) is 37.8 Å². The van der Waals surface area contributed by atoms with Crippen LogP contribution in [0.2, 0.25) is 0 Å². The van der Waals surface area contributed by atoms with Crippen molar-refractivity contribution in [2.75, 3.05) is 27.3 Å². The first kappa shape index (κ1) is 17.2. The van der Waals surface area contributed by atoms with E-state index < -0.39 is 24.0 Å². The van der Waals surface area contributed by atoms with Gasteiger partial charge in [-0.3, -0.25) is 4.79 Å². The number of ether oxygens (including phenoxy) is 2. The molecule has 2 atom stereocenters. The third kappa shape index (κ3) is 5.99. The standard InChI is InChI=1S/C13H22N2O6/c1-15(8-9-4-3-7-21-9)13(19)14-10(12(17)18)5-6-11(16)20-2/h9-10H,3-8H2,1-2H3,(H,14,19)(H,17,18)/t9?,10-/m1/s1. The van der Waals surface area contributed by atoms with Gasteiger partial charge < -0.3 is 24.8 Å². The van der Waals surface area contributed by atoms with Crippen molar-refractivity contribution in [1.29, 1.82) is 0 Å². The number of nitrogens with one attached hydrogen (secondary N) is 1. The molecule has 1 rings (SSSR count). The van der Waals surface area contributed by atoms with E-state index in [0.29, 0.717) is 13.2 Å². The molecule has 1 aliphatic rings. The Hall–Kier alpha value is -1.83. The quantitative estimate of drug-likeness (QED) is 0.651. The van der Waals surface area contributed by atoms with Crippen LogP contribution in [0.4, 0.5) is 4.79 Å². The molecule has 0 aromatic rings. The molecule has 1 fully saturated rings. The minimum absolute atomic E-state index is 0.000836. The van der Waals surface area contributed by atoms with Gasteiger partial charge in [-0.05, 0) is 19.3 Å². The zero-order valence-electron chi connectivity index (χ0n) is 12.3. The summed E-state index contributed by atoms with van der Waals surface area (Å²) >= 11 is 0. The minimum atomic E-state index is -1.18. The van der Waals surface area contributed by atoms with Crippen LogP contribution in [0.3, 0.4) is 0 Å². The molecule has 0 saturated carbocycles. The van der Waals surface area contributed by atoms with E-state index in [2.05, 4.69) is 10.1 Å². The molecular formula is C13H22N2O6. The molecule has 21 heavy (non-hydrogen) atoms. The molecule has 2 N–H and O–H groups in total. The first-order valence-electron chi connectivity index (χ1n) is 6.87. The van der Waals surface area contributed by atoms with E-state index in [9.17, 15) is 14.4 Å². The van der Waals surface area contributed by atoms with Crippen molar-refractivity contribution >= 4 is 18.0 Å². The van der Waals surface area contributed by atoms with Gasteiger partial charge >= 0.3 is 18.0 Å². The Morgan fingerprint density at radius 3 is 2.71 bits per heavy atom. The van der Waals surface area contributed by atoms with E-state index in [1.165, 1.54) is 12.0 Å². The normalized spacial score (nSPS) is 18.9. The number of hydrogen-bond acceptors (Lipinski definition) is 5. The summed E-state index contributed by atoms with van der Waals surface area (Å²) in [6, 6.07) is -1.62. The number of likely N-dealkylation sites (N-methyl/N-ethyl adjacent to an activating group) is 1. The van der Waals surface area contributed by atoms with Crippen LogP contribution >= 0.6 is 0 Å². The van der Waals surface area contributed by atoms with Crippen LogP contribution in [0.1, 0.15) is 25.7 Å². The SMILES string of the molecule is COC(=O)CC[C@@H](NC(=O)N(C)CC1CCCO1)C(=O)O. The lowest BCUT2D eigenvalue weighted by molar-refractivity contribution is -0.142. The van der Waals surface area contributed by atoms with E-state index in [0.717, 1.165) is 12.8 Å². The fourth-order valence-corrected chi connectivity index (χ4v) is 2.06. The van der Waals surface area contributed by atoms with E-state index in [4.69, 9.17) is 9.84 Å². The number of carboxylic acid groups (broad SMARTS) is 1. The summed E-state index contributed by atoms with van der Waals surface area (Å²) in [6.07, 6.45) is 1.78. The average Bonchev–Trinajstić information content (AvgIpc) is 2.95. The fourth-order valence-electron chi connectivity index (χ4n) is 2.06. The van der Waals surface area contributed by atoms with Gasteiger partial charge in [0, 0.05) is 26.6 Å². The second-order valence-corrected chi connectivity index (χ2v) is 4.97. The fraction of sp³-hybridized carbons (Fsp3) is 0.769. The second-order valence-electron chi connectivity index (χ2n) is 4.97. The lowest BCUT2D eigenvalue weighted by Gasteiger charge is -2.23. The van der Waals surface area contributed by atoms with Gasteiger partial charge in [-0.25, -0.2) is 9.59 Å². The highest BCUT2D eigenvalue weighted by molar-refractivity contribution is 5.83. The Bertz CT molecular complexity index is 381. The molecule has 0 spiro atoms. The van der Waals surface area contributed by atoms with Crippen molar-refractivity contribution in [3.63, 3.8) is 0 Å². The van der Waals surface area contributed by atoms with Gasteiger partial charge in [-0.1, -0.05) is 0 Å². The Morgan fingerprint density at radius 1 is 1.48 bits per heavy atom. The molecular weight excluding hydrogens is 280 g/mol. The van der Waals surface area contributed by atoms with Crippen molar-refractivity contribution in [3.8, 4) is 0 Å². The Labute approximate surface area is 123 Å². The van der Waals surface area contributed by atoms with Gasteiger partial charge in [0.15, 0.2) is 0 Å². The molecule has 0 aromatic heterocycles. The topological polar surface area (TPSA) is 105 Å². The Kier molecular flexibility index (Phi) is 6.93. The van der Waals surface area contributed by atoms with Gasteiger partial charge in [-0.15, -0.1) is 0 Å². The molecule has 1 aliphatic heterocycles. The van der Waals surface area contributed by atoms with E-state index >= 15 is 0 Å². The average molecular weight is 302 g/mol. The maximum atomic E-state index is 11.9. The number of amides is 2. The highest BCUT2D eigenvalue weighted by Crippen LogP contribution is 2.12. The molecule has 0 aromatic carbocycles. The summed E-state index contributed by atoms with van der Waals surface area (Å²) in [5.41, 5.74) is 0. The summed E-state index contributed by atoms with van der Waals surface area (Å²) in [5, 5.41) is 11.5. The molecule has 8 heteroatoms. The molecule has 120 valence electrons. The third-order valence-corrected chi connectivity index (χ3v) is 3.31. The molecule has 0 radical (unpaired) electrons. The van der Waals surface area contributed by atoms with Crippen LogP contribution < -0.4 is 5.32 Å². The van der Waals surface area contributed by atoms with Crippen LogP contribution in [-0.4, -0.2) is 67.4 Å². The summed E-state index contributed by atoms with van der Waals surface area (Å²) in [6.45, 7) is 1.10. The molecule has 1 unspecified atom stereocenters. The van der Waals surface area contributed by atoms with Crippen LogP contribution in [0.25, 0.3) is 0 Å². The number of carbonyl (C=O) groups is 3. The number of rotatable bonds is 7. The van der Waals surface area contributed by atoms with Crippen molar-refractivity contribution in [2.24, 2.45) is 0 Å². The summed E-state index contributed by atoms with van der Waals surface area (Å²) in [7, 11) is 2.81. The maximum absolute atomic E-state index is 11.9. The molecule has 0 bridgehead atoms. The monoisotopic (exact) mass is 302 g/mol. The zero-order valence-corrected chi connectivity index (χ0v) is 12.3. The number of hydrogen-bond donors (Lipinski definition) is 2. The van der Waals surface area contributed by atoms with E-state index in [1.54, 1.807) is 7.05 Å². The number of carbonyl (C=O) groups excluding carboxylic acids is 2. The predicted molar refractivity (Wildman–Crippen MR) is 72.8 cm³/mol. The van der Waals surface area contributed by atoms with Gasteiger partial charge in [0.1, 0.15) is 6.04 Å². The Morgan fingerprint density at radius 2 is 2.19 bits per heavy atom. The predicted octanol–water partition coefficient (Wildman–Crippen LogP) is 0.213. The van der Waals surface area contributed by atoms with Crippen molar-refractivity contribution in [1.82, 2.24) is 10.2 Å². The summed E-state index contributed by atoms with van der Waals surface area (Å²) < 4.78 is 9.87. The first-order chi connectivity index (χ1) is 9.93. The number of methoxy groups -OCH3 is 1. The lowest BCUT2D eigenvalue weighted by atomic mass is 10.1. The van der Waals surface area contributed by atoms with Gasteiger partial charge in [0.25, 0.3) is 0 Å². The number of nitrogens with zero attached hydrogens (tertiary/aromatic N) is 1. The number of carboxylic acids is 1. The van der Waals surface area contributed by atoms with Crippen molar-refractivity contribution in [3.05, 3.63) is 0 Å². The molecule has 8 nitrogen and oxygen atoms in total. The zero-order chi connectivity index (χ0) is 15.8. The summed E-state index contributed by atoms with van der Waals surface area (Å²) in [4.78, 5) is 35.5. The maximum Gasteiger partial charge on any atom is 0.326 e. The van der Waals surface area contributed by atoms with Gasteiger partial charge in [-0.2, -0.15) is 0 Å². The van der Waals surface area contributed by atoms with E-state index in [1.807, 2.05) is 0 Å². The van der Waals surface area contributed by atoms with Gasteiger partial charge in [0.2, 0.25) is 0 Å².